The van der Waals surface area contributed by atoms with E-state index in [2.05, 4.69) is 21.2 Å². The van der Waals surface area contributed by atoms with Crippen molar-refractivity contribution in [1.29, 1.82) is 0 Å². The normalized spacial score (nSPS) is 10.2. The second-order valence-electron chi connectivity index (χ2n) is 3.63. The fraction of sp³-hybridized carbons (Fsp3) is 0.0833. The Morgan fingerprint density at radius 1 is 1.35 bits per heavy atom. The molecular formula is C12H11BrN2O2. The van der Waals surface area contributed by atoms with E-state index in [0.29, 0.717) is 16.0 Å². The van der Waals surface area contributed by atoms with Crippen molar-refractivity contribution in [3.05, 3.63) is 46.3 Å². The maximum atomic E-state index is 11.8. The Morgan fingerprint density at radius 2 is 2.12 bits per heavy atom. The molecule has 0 aliphatic carbocycles. The molecular weight excluding hydrogens is 284 g/mol. The van der Waals surface area contributed by atoms with Gasteiger partial charge in [-0.15, -0.1) is 0 Å². The third kappa shape index (κ3) is 2.68. The zero-order valence-corrected chi connectivity index (χ0v) is 10.7. The second-order valence-corrected chi connectivity index (χ2v) is 4.41. The van der Waals surface area contributed by atoms with Crippen LogP contribution in [0, 0.1) is 6.92 Å². The van der Waals surface area contributed by atoms with E-state index < -0.39 is 0 Å². The maximum absolute atomic E-state index is 11.8. The lowest BCUT2D eigenvalue weighted by atomic mass is 10.2. The van der Waals surface area contributed by atoms with Crippen molar-refractivity contribution >= 4 is 33.2 Å². The molecule has 1 aromatic carbocycles. The van der Waals surface area contributed by atoms with E-state index in [1.165, 1.54) is 0 Å². The molecule has 0 fully saturated rings. The first-order valence-corrected chi connectivity index (χ1v) is 5.78. The van der Waals surface area contributed by atoms with E-state index in [0.717, 1.165) is 5.56 Å². The lowest BCUT2D eigenvalue weighted by molar-refractivity contribution is 0.0995. The molecule has 1 heterocycles. The number of furan rings is 1. The van der Waals surface area contributed by atoms with Gasteiger partial charge in [0.05, 0.1) is 0 Å². The van der Waals surface area contributed by atoms with Gasteiger partial charge in [0.2, 0.25) is 0 Å². The lowest BCUT2D eigenvalue weighted by Gasteiger charge is -2.05. The molecule has 0 atom stereocenters. The maximum Gasteiger partial charge on any atom is 0.291 e. The number of anilines is 2. The van der Waals surface area contributed by atoms with Gasteiger partial charge in [-0.25, -0.2) is 0 Å². The van der Waals surface area contributed by atoms with Crippen molar-refractivity contribution in [3.8, 4) is 0 Å². The van der Waals surface area contributed by atoms with Crippen LogP contribution < -0.4 is 11.1 Å². The number of nitrogens with two attached hydrogens (primary N) is 1. The van der Waals surface area contributed by atoms with Gasteiger partial charge in [0.25, 0.3) is 5.91 Å². The van der Waals surface area contributed by atoms with Crippen molar-refractivity contribution in [2.24, 2.45) is 0 Å². The third-order valence-corrected chi connectivity index (χ3v) is 2.75. The fourth-order valence-corrected chi connectivity index (χ4v) is 1.69. The number of nitrogen functional groups attached to an aromatic ring is 1. The molecule has 0 saturated carbocycles. The van der Waals surface area contributed by atoms with Crippen LogP contribution in [0.4, 0.5) is 11.4 Å². The lowest BCUT2D eigenvalue weighted by Crippen LogP contribution is -2.11. The molecule has 2 rings (SSSR count). The number of nitrogens with one attached hydrogen (secondary N) is 1. The summed E-state index contributed by atoms with van der Waals surface area (Å²) >= 11 is 3.14. The van der Waals surface area contributed by atoms with Crippen LogP contribution >= 0.6 is 15.9 Å². The molecule has 1 amide bonds. The summed E-state index contributed by atoms with van der Waals surface area (Å²) < 4.78 is 5.68. The number of hydrogen-bond acceptors (Lipinski definition) is 3. The molecule has 4 nitrogen and oxygen atoms in total. The van der Waals surface area contributed by atoms with Crippen LogP contribution in [0.15, 0.2) is 39.4 Å². The highest BCUT2D eigenvalue weighted by Gasteiger charge is 2.10. The molecule has 88 valence electrons. The van der Waals surface area contributed by atoms with Crippen LogP contribution in [0.1, 0.15) is 16.1 Å². The van der Waals surface area contributed by atoms with E-state index >= 15 is 0 Å². The Balaban J connectivity index is 2.15. The molecule has 0 bridgehead atoms. The van der Waals surface area contributed by atoms with Crippen LogP contribution in [0.5, 0.6) is 0 Å². The molecule has 1 aromatic heterocycles. The highest BCUT2D eigenvalue weighted by atomic mass is 79.9. The van der Waals surface area contributed by atoms with E-state index in [4.69, 9.17) is 10.2 Å². The molecule has 0 unspecified atom stereocenters. The summed E-state index contributed by atoms with van der Waals surface area (Å²) in [5, 5.41) is 2.73. The molecule has 17 heavy (non-hydrogen) atoms. The highest BCUT2D eigenvalue weighted by Crippen LogP contribution is 2.19. The predicted octanol–water partition coefficient (Wildman–Crippen LogP) is 3.19. The van der Waals surface area contributed by atoms with Crippen molar-refractivity contribution in [1.82, 2.24) is 0 Å². The summed E-state index contributed by atoms with van der Waals surface area (Å²) in [4.78, 5) is 11.8. The zero-order valence-electron chi connectivity index (χ0n) is 9.16. The third-order valence-electron chi connectivity index (χ3n) is 2.32. The summed E-state index contributed by atoms with van der Waals surface area (Å²) in [6.07, 6.45) is 0. The Labute approximate surface area is 107 Å². The first-order chi connectivity index (χ1) is 8.06. The molecule has 0 saturated heterocycles. The molecule has 0 aliphatic heterocycles. The first kappa shape index (κ1) is 11.7. The van der Waals surface area contributed by atoms with Crippen molar-refractivity contribution in [2.75, 3.05) is 11.1 Å². The fourth-order valence-electron chi connectivity index (χ4n) is 1.38. The zero-order chi connectivity index (χ0) is 12.4. The summed E-state index contributed by atoms with van der Waals surface area (Å²) in [5.74, 6) is -0.0359. The molecule has 3 N–H and O–H groups in total. The van der Waals surface area contributed by atoms with E-state index in [9.17, 15) is 4.79 Å². The van der Waals surface area contributed by atoms with Crippen LogP contribution in [-0.4, -0.2) is 5.91 Å². The number of carbonyl (C=O) groups is 1. The number of aryl methyl sites for hydroxylation is 1. The summed E-state index contributed by atoms with van der Waals surface area (Å²) in [7, 11) is 0. The molecule has 5 heteroatoms. The first-order valence-electron chi connectivity index (χ1n) is 4.99. The number of halogens is 1. The van der Waals surface area contributed by atoms with Gasteiger partial charge in [-0.2, -0.15) is 0 Å². The minimum Gasteiger partial charge on any atom is -0.444 e. The van der Waals surface area contributed by atoms with E-state index in [-0.39, 0.29) is 11.7 Å². The number of hydrogen-bond donors (Lipinski definition) is 2. The van der Waals surface area contributed by atoms with Crippen LogP contribution in [0.3, 0.4) is 0 Å². The minimum atomic E-state index is -0.292. The Morgan fingerprint density at radius 3 is 2.71 bits per heavy atom. The molecule has 0 aliphatic rings. The predicted molar refractivity (Wildman–Crippen MR) is 70.0 cm³/mol. The average Bonchev–Trinajstić information content (AvgIpc) is 2.70. The van der Waals surface area contributed by atoms with E-state index in [1.54, 1.807) is 24.3 Å². The molecule has 2 aromatic rings. The van der Waals surface area contributed by atoms with Crippen molar-refractivity contribution in [2.45, 2.75) is 6.92 Å². The number of rotatable bonds is 2. The van der Waals surface area contributed by atoms with Gasteiger partial charge in [0.15, 0.2) is 10.4 Å². The largest absolute Gasteiger partial charge is 0.444 e. The van der Waals surface area contributed by atoms with Crippen LogP contribution in [-0.2, 0) is 0 Å². The van der Waals surface area contributed by atoms with Gasteiger partial charge in [0, 0.05) is 11.4 Å². The topological polar surface area (TPSA) is 68.3 Å². The van der Waals surface area contributed by atoms with Gasteiger partial charge in [-0.3, -0.25) is 4.79 Å². The molecule has 0 radical (unpaired) electrons. The van der Waals surface area contributed by atoms with Crippen LogP contribution in [0.2, 0.25) is 0 Å². The minimum absolute atomic E-state index is 0.256. The Kier molecular flexibility index (Phi) is 3.19. The van der Waals surface area contributed by atoms with Gasteiger partial charge in [-0.1, -0.05) is 0 Å². The Bertz CT molecular complexity index is 563. The summed E-state index contributed by atoms with van der Waals surface area (Å²) in [6, 6.07) is 8.58. The van der Waals surface area contributed by atoms with E-state index in [1.807, 2.05) is 13.0 Å². The number of carbonyl (C=O) groups excluding carboxylic acids is 1. The average molecular weight is 295 g/mol. The second kappa shape index (κ2) is 4.63. The van der Waals surface area contributed by atoms with Crippen molar-refractivity contribution in [3.63, 3.8) is 0 Å². The SMILES string of the molecule is Cc1cc(NC(=O)c2ccc(Br)o2)ccc1N. The van der Waals surface area contributed by atoms with Crippen molar-refractivity contribution < 1.29 is 9.21 Å². The monoisotopic (exact) mass is 294 g/mol. The highest BCUT2D eigenvalue weighted by molar-refractivity contribution is 9.10. The standard InChI is InChI=1S/C12H11BrN2O2/c1-7-6-8(2-3-9(7)14)15-12(16)10-4-5-11(13)17-10/h2-6H,14H2,1H3,(H,15,16). The molecule has 0 spiro atoms. The van der Waals surface area contributed by atoms with Gasteiger partial charge in [-0.05, 0) is 58.7 Å². The smallest absolute Gasteiger partial charge is 0.291 e. The van der Waals surface area contributed by atoms with Gasteiger partial charge in [0.1, 0.15) is 0 Å². The van der Waals surface area contributed by atoms with Gasteiger partial charge >= 0.3 is 0 Å². The summed E-state index contributed by atoms with van der Waals surface area (Å²) in [6.45, 7) is 1.88. The Hall–Kier alpha value is -1.75. The van der Waals surface area contributed by atoms with Gasteiger partial charge < -0.3 is 15.5 Å². The number of amides is 1. The summed E-state index contributed by atoms with van der Waals surface area (Å²) in [5.41, 5.74) is 8.00. The van der Waals surface area contributed by atoms with Crippen LogP contribution in [0.25, 0.3) is 0 Å². The number of benzene rings is 1. The quantitative estimate of drug-likeness (QED) is 0.836.